The smallest absolute Gasteiger partial charge is 0.316 e. The van der Waals surface area contributed by atoms with Crippen LogP contribution in [0.5, 0.6) is 6.01 Å². The van der Waals surface area contributed by atoms with Crippen molar-refractivity contribution in [3.8, 4) is 6.01 Å². The van der Waals surface area contributed by atoms with Crippen molar-refractivity contribution in [3.05, 3.63) is 18.0 Å². The molecule has 88 valence electrons. The molecule has 0 saturated heterocycles. The van der Waals surface area contributed by atoms with Gasteiger partial charge in [-0.2, -0.15) is 0 Å². The van der Waals surface area contributed by atoms with Crippen molar-refractivity contribution in [2.45, 2.75) is 58.0 Å². The fourth-order valence-electron chi connectivity index (χ4n) is 1.75. The second-order valence-electron chi connectivity index (χ2n) is 5.91. The molecule has 1 aromatic heterocycles. The first-order chi connectivity index (χ1) is 7.39. The molecule has 1 heterocycles. The fourth-order valence-corrected chi connectivity index (χ4v) is 1.75. The Hall–Kier alpha value is -1.12. The predicted molar refractivity (Wildman–Crippen MR) is 63.6 cm³/mol. The maximum absolute atomic E-state index is 5.78. The first-order valence-electron chi connectivity index (χ1n) is 5.91. The minimum Gasteiger partial charge on any atom is -0.457 e. The van der Waals surface area contributed by atoms with Gasteiger partial charge in [-0.05, 0) is 37.2 Å². The van der Waals surface area contributed by atoms with E-state index in [4.69, 9.17) is 4.74 Å². The van der Waals surface area contributed by atoms with E-state index in [1.54, 1.807) is 0 Å². The van der Waals surface area contributed by atoms with Gasteiger partial charge < -0.3 is 4.74 Å². The highest BCUT2D eigenvalue weighted by atomic mass is 16.5. The summed E-state index contributed by atoms with van der Waals surface area (Å²) in [4.78, 5) is 8.56. The summed E-state index contributed by atoms with van der Waals surface area (Å²) in [6.07, 6.45) is 7.19. The maximum Gasteiger partial charge on any atom is 0.316 e. The van der Waals surface area contributed by atoms with Crippen LogP contribution in [0, 0.1) is 0 Å². The fraction of sp³-hybridized carbons (Fsp3) is 0.692. The van der Waals surface area contributed by atoms with E-state index in [0.29, 0.717) is 6.01 Å². The molecule has 0 aliphatic heterocycles. The molecular formula is C13H20N2O. The molecule has 0 unspecified atom stereocenters. The predicted octanol–water partition coefficient (Wildman–Crippen LogP) is 3.10. The largest absolute Gasteiger partial charge is 0.457 e. The van der Waals surface area contributed by atoms with E-state index >= 15 is 0 Å². The molecule has 2 rings (SSSR count). The van der Waals surface area contributed by atoms with Gasteiger partial charge in [0, 0.05) is 12.4 Å². The topological polar surface area (TPSA) is 35.0 Å². The van der Waals surface area contributed by atoms with Gasteiger partial charge in [0.1, 0.15) is 5.60 Å². The van der Waals surface area contributed by atoms with Gasteiger partial charge in [0.25, 0.3) is 0 Å². The number of nitrogens with zero attached hydrogens (tertiary/aromatic N) is 2. The third-order valence-corrected chi connectivity index (χ3v) is 3.24. The Bertz CT molecular complexity index is 361. The van der Waals surface area contributed by atoms with E-state index in [1.165, 1.54) is 6.42 Å². The maximum atomic E-state index is 5.78. The first-order valence-corrected chi connectivity index (χ1v) is 5.91. The molecule has 1 aliphatic rings. The minimum absolute atomic E-state index is 0.0246. The summed E-state index contributed by atoms with van der Waals surface area (Å²) in [5.41, 5.74) is 1.21. The average Bonchev–Trinajstić information content (AvgIpc) is 2.15. The molecule has 3 heteroatoms. The van der Waals surface area contributed by atoms with Crippen molar-refractivity contribution in [3.63, 3.8) is 0 Å². The summed E-state index contributed by atoms with van der Waals surface area (Å²) < 4.78 is 5.78. The van der Waals surface area contributed by atoms with Crippen molar-refractivity contribution in [2.24, 2.45) is 0 Å². The van der Waals surface area contributed by atoms with E-state index < -0.39 is 0 Å². The minimum atomic E-state index is -0.0246. The van der Waals surface area contributed by atoms with Crippen LogP contribution < -0.4 is 4.74 Å². The summed E-state index contributed by atoms with van der Waals surface area (Å²) in [6, 6.07) is 0.509. The quantitative estimate of drug-likeness (QED) is 0.768. The Morgan fingerprint density at radius 1 is 1.19 bits per heavy atom. The summed E-state index contributed by atoms with van der Waals surface area (Å²) in [5.74, 6) is 0. The molecule has 3 nitrogen and oxygen atoms in total. The Kier molecular flexibility index (Phi) is 2.64. The molecule has 16 heavy (non-hydrogen) atoms. The van der Waals surface area contributed by atoms with Crippen LogP contribution in [0.1, 0.15) is 52.5 Å². The highest BCUT2D eigenvalue weighted by molar-refractivity contribution is 5.17. The Morgan fingerprint density at radius 3 is 2.12 bits per heavy atom. The van der Waals surface area contributed by atoms with Crippen molar-refractivity contribution < 1.29 is 4.74 Å². The highest BCUT2D eigenvalue weighted by Gasteiger charge is 2.34. The Morgan fingerprint density at radius 2 is 1.75 bits per heavy atom. The lowest BCUT2D eigenvalue weighted by Gasteiger charge is -2.37. The summed E-state index contributed by atoms with van der Waals surface area (Å²) in [7, 11) is 0. The van der Waals surface area contributed by atoms with Gasteiger partial charge in [-0.3, -0.25) is 0 Å². The van der Waals surface area contributed by atoms with Crippen LogP contribution in [0.25, 0.3) is 0 Å². The molecule has 0 spiro atoms. The molecule has 1 aliphatic carbocycles. The van der Waals surface area contributed by atoms with E-state index in [-0.39, 0.29) is 11.0 Å². The van der Waals surface area contributed by atoms with Crippen LogP contribution >= 0.6 is 0 Å². The third-order valence-electron chi connectivity index (χ3n) is 3.24. The van der Waals surface area contributed by atoms with Crippen LogP contribution in [0.4, 0.5) is 0 Å². The molecule has 0 atom stereocenters. The molecule has 1 aromatic rings. The molecule has 1 fully saturated rings. The van der Waals surface area contributed by atoms with Crippen molar-refractivity contribution in [1.82, 2.24) is 9.97 Å². The molecular weight excluding hydrogens is 200 g/mol. The van der Waals surface area contributed by atoms with Crippen LogP contribution in [-0.2, 0) is 5.41 Å². The van der Waals surface area contributed by atoms with Gasteiger partial charge in [-0.25, -0.2) is 9.97 Å². The summed E-state index contributed by atoms with van der Waals surface area (Å²) in [6.45, 7) is 8.58. The van der Waals surface area contributed by atoms with Crippen molar-refractivity contribution >= 4 is 0 Å². The number of hydrogen-bond acceptors (Lipinski definition) is 3. The molecule has 0 amide bonds. The Labute approximate surface area is 97.3 Å². The van der Waals surface area contributed by atoms with Crippen LogP contribution in [0.2, 0.25) is 0 Å². The van der Waals surface area contributed by atoms with Crippen LogP contribution in [0.3, 0.4) is 0 Å². The number of rotatable bonds is 2. The zero-order chi connectivity index (χ0) is 11.8. The monoisotopic (exact) mass is 220 g/mol. The molecule has 0 aromatic carbocycles. The van der Waals surface area contributed by atoms with Crippen molar-refractivity contribution in [1.29, 1.82) is 0 Å². The van der Waals surface area contributed by atoms with Gasteiger partial charge in [0.05, 0.1) is 0 Å². The van der Waals surface area contributed by atoms with Crippen LogP contribution in [0.15, 0.2) is 12.4 Å². The zero-order valence-corrected chi connectivity index (χ0v) is 10.6. The zero-order valence-electron chi connectivity index (χ0n) is 10.6. The van der Waals surface area contributed by atoms with Gasteiger partial charge >= 0.3 is 6.01 Å². The number of aromatic nitrogens is 2. The van der Waals surface area contributed by atoms with E-state index in [1.807, 2.05) is 12.4 Å². The van der Waals surface area contributed by atoms with E-state index in [9.17, 15) is 0 Å². The first kappa shape index (κ1) is 11.4. The van der Waals surface area contributed by atoms with Crippen molar-refractivity contribution in [2.75, 3.05) is 0 Å². The molecule has 1 saturated carbocycles. The molecule has 0 bridgehead atoms. The lowest BCUT2D eigenvalue weighted by molar-refractivity contribution is 0.00276. The van der Waals surface area contributed by atoms with E-state index in [2.05, 4.69) is 37.7 Å². The van der Waals surface area contributed by atoms with Crippen LogP contribution in [-0.4, -0.2) is 15.6 Å². The normalized spacial score (nSPS) is 19.0. The van der Waals surface area contributed by atoms with Gasteiger partial charge in [0.15, 0.2) is 0 Å². The number of hydrogen-bond donors (Lipinski definition) is 0. The lowest BCUT2D eigenvalue weighted by Crippen LogP contribution is -2.40. The van der Waals surface area contributed by atoms with E-state index in [0.717, 1.165) is 18.4 Å². The number of ether oxygens (including phenoxy) is 1. The second kappa shape index (κ2) is 3.72. The average molecular weight is 220 g/mol. The molecule has 0 radical (unpaired) electrons. The SMILES string of the molecule is CC1(Oc2ncc(C(C)(C)C)cn2)CCC1. The second-order valence-corrected chi connectivity index (χ2v) is 5.91. The lowest BCUT2D eigenvalue weighted by atomic mass is 9.82. The van der Waals surface area contributed by atoms with Gasteiger partial charge in [0.2, 0.25) is 0 Å². The standard InChI is InChI=1S/C13H20N2O/c1-12(2,3)10-8-14-11(15-9-10)16-13(4)6-5-7-13/h8-9H,5-7H2,1-4H3. The van der Waals surface area contributed by atoms with Gasteiger partial charge in [-0.1, -0.05) is 20.8 Å². The Balaban J connectivity index is 2.08. The van der Waals surface area contributed by atoms with Gasteiger partial charge in [-0.15, -0.1) is 0 Å². The third kappa shape index (κ3) is 2.34. The molecule has 0 N–H and O–H groups in total. The highest BCUT2D eigenvalue weighted by Crippen LogP contribution is 2.35. The summed E-state index contributed by atoms with van der Waals surface area (Å²) >= 11 is 0. The summed E-state index contributed by atoms with van der Waals surface area (Å²) in [5, 5.41) is 0.